The van der Waals surface area contributed by atoms with Gasteiger partial charge in [-0.15, -0.1) is 0 Å². The van der Waals surface area contributed by atoms with Crippen molar-refractivity contribution in [1.29, 1.82) is 0 Å². The molecule has 2 N–H and O–H groups in total. The maximum absolute atomic E-state index is 12.9. The fraction of sp³-hybridized carbons (Fsp3) is 0.333. The Morgan fingerprint density at radius 3 is 2.71 bits per heavy atom. The van der Waals surface area contributed by atoms with Crippen molar-refractivity contribution in [2.75, 3.05) is 26.7 Å². The number of nitrogens with zero attached hydrogens (tertiary/aromatic N) is 2. The number of furan rings is 1. The van der Waals surface area contributed by atoms with Crippen molar-refractivity contribution in [3.05, 3.63) is 66.4 Å². The maximum Gasteiger partial charge on any atom is 0.275 e. The quantitative estimate of drug-likeness (QED) is 0.652. The first kappa shape index (κ1) is 18.3. The molecule has 0 aliphatic carbocycles. The molecule has 0 radical (unpaired) electrons. The lowest BCUT2D eigenvalue weighted by molar-refractivity contribution is -0.919. The summed E-state index contributed by atoms with van der Waals surface area (Å²) < 4.78 is 12.7. The van der Waals surface area contributed by atoms with Crippen LogP contribution in [-0.2, 0) is 0 Å². The third-order valence-corrected chi connectivity index (χ3v) is 5.23. The zero-order valence-corrected chi connectivity index (χ0v) is 15.9. The number of quaternary nitrogens is 1. The molecule has 1 aliphatic rings. The van der Waals surface area contributed by atoms with E-state index in [9.17, 15) is 4.79 Å². The molecule has 3 aromatic rings. The van der Waals surface area contributed by atoms with Crippen molar-refractivity contribution in [3.63, 3.8) is 0 Å². The van der Waals surface area contributed by atoms with E-state index in [2.05, 4.69) is 10.4 Å². The molecular weight excluding hydrogens is 356 g/mol. The van der Waals surface area contributed by atoms with Gasteiger partial charge in [0.2, 0.25) is 0 Å². The predicted octanol–water partition coefficient (Wildman–Crippen LogP) is 1.62. The van der Waals surface area contributed by atoms with E-state index in [1.165, 1.54) is 17.7 Å². The van der Waals surface area contributed by atoms with Gasteiger partial charge in [-0.25, -0.2) is 4.68 Å². The van der Waals surface area contributed by atoms with Gasteiger partial charge >= 0.3 is 0 Å². The number of rotatable bonds is 7. The number of hydrogen-bond acceptors (Lipinski definition) is 4. The Bertz CT molecular complexity index is 899. The maximum atomic E-state index is 12.9. The number of nitrogens with one attached hydrogen (secondary N) is 2. The van der Waals surface area contributed by atoms with Crippen LogP contribution in [-0.4, -0.2) is 42.4 Å². The number of methoxy groups -OCH3 is 1. The third-order valence-electron chi connectivity index (χ3n) is 5.23. The van der Waals surface area contributed by atoms with Crippen molar-refractivity contribution >= 4 is 5.91 Å². The van der Waals surface area contributed by atoms with Crippen molar-refractivity contribution in [2.45, 2.75) is 18.9 Å². The van der Waals surface area contributed by atoms with Crippen LogP contribution in [0.2, 0.25) is 0 Å². The SMILES string of the molecule is COc1cn(-c2ccccc2)nc1C(=O)NC[C@@H](c1ccco1)[NH+]1CCCC1. The normalized spacial score (nSPS) is 15.5. The number of likely N-dealkylation sites (tertiary alicyclic amines) is 1. The van der Waals surface area contributed by atoms with Crippen LogP contribution < -0.4 is 15.0 Å². The van der Waals surface area contributed by atoms with Crippen LogP contribution in [0.15, 0.2) is 59.3 Å². The van der Waals surface area contributed by atoms with Gasteiger partial charge in [-0.3, -0.25) is 4.79 Å². The molecule has 0 saturated carbocycles. The van der Waals surface area contributed by atoms with E-state index in [0.29, 0.717) is 12.3 Å². The summed E-state index contributed by atoms with van der Waals surface area (Å²) in [6.07, 6.45) is 5.82. The first-order valence-corrected chi connectivity index (χ1v) is 9.61. The highest BCUT2D eigenvalue weighted by Crippen LogP contribution is 2.20. The molecule has 2 aromatic heterocycles. The van der Waals surface area contributed by atoms with Crippen LogP contribution >= 0.6 is 0 Å². The minimum absolute atomic E-state index is 0.101. The molecule has 1 fully saturated rings. The number of hydrogen-bond donors (Lipinski definition) is 2. The molecule has 1 saturated heterocycles. The van der Waals surface area contributed by atoms with Gasteiger partial charge in [-0.05, 0) is 24.3 Å². The largest absolute Gasteiger partial charge is 0.493 e. The van der Waals surface area contributed by atoms with E-state index in [-0.39, 0.29) is 17.6 Å². The third kappa shape index (κ3) is 3.80. The van der Waals surface area contributed by atoms with Gasteiger partial charge in [0.25, 0.3) is 5.91 Å². The van der Waals surface area contributed by atoms with E-state index in [4.69, 9.17) is 9.15 Å². The number of ether oxygens (including phenoxy) is 1. The van der Waals surface area contributed by atoms with Crippen LogP contribution in [0.3, 0.4) is 0 Å². The Kier molecular flexibility index (Phi) is 5.43. The number of carbonyl (C=O) groups is 1. The van der Waals surface area contributed by atoms with Crippen LogP contribution in [0, 0.1) is 0 Å². The molecule has 0 bridgehead atoms. The second-order valence-corrected chi connectivity index (χ2v) is 6.97. The average Bonchev–Trinajstić information content (AvgIpc) is 3.50. The Morgan fingerprint density at radius 2 is 2.04 bits per heavy atom. The van der Waals surface area contributed by atoms with Crippen LogP contribution in [0.25, 0.3) is 5.69 Å². The average molecular weight is 381 g/mol. The van der Waals surface area contributed by atoms with E-state index in [0.717, 1.165) is 24.5 Å². The summed E-state index contributed by atoms with van der Waals surface area (Å²) >= 11 is 0. The highest BCUT2D eigenvalue weighted by atomic mass is 16.5. The van der Waals surface area contributed by atoms with Crippen molar-refractivity contribution in [3.8, 4) is 11.4 Å². The van der Waals surface area contributed by atoms with Gasteiger partial charge in [0.05, 0.1) is 44.9 Å². The highest BCUT2D eigenvalue weighted by molar-refractivity contribution is 5.95. The zero-order valence-electron chi connectivity index (χ0n) is 15.9. The molecule has 1 aliphatic heterocycles. The summed E-state index contributed by atoms with van der Waals surface area (Å²) in [6, 6.07) is 13.6. The van der Waals surface area contributed by atoms with Crippen molar-refractivity contribution < 1.29 is 18.8 Å². The smallest absolute Gasteiger partial charge is 0.275 e. The molecular formula is C21H25N4O3+. The Hall–Kier alpha value is -3.06. The fourth-order valence-electron chi connectivity index (χ4n) is 3.77. The van der Waals surface area contributed by atoms with Gasteiger partial charge in [-0.1, -0.05) is 18.2 Å². The molecule has 7 nitrogen and oxygen atoms in total. The van der Waals surface area contributed by atoms with Crippen molar-refractivity contribution in [1.82, 2.24) is 15.1 Å². The van der Waals surface area contributed by atoms with Gasteiger partial charge in [0.1, 0.15) is 0 Å². The van der Waals surface area contributed by atoms with E-state index in [1.807, 2.05) is 42.5 Å². The highest BCUT2D eigenvalue weighted by Gasteiger charge is 2.30. The molecule has 1 atom stereocenters. The second kappa shape index (κ2) is 8.31. The Morgan fingerprint density at radius 1 is 1.25 bits per heavy atom. The first-order valence-electron chi connectivity index (χ1n) is 9.61. The number of carbonyl (C=O) groups excluding carboxylic acids is 1. The van der Waals surface area contributed by atoms with Crippen molar-refractivity contribution in [2.24, 2.45) is 0 Å². The fourth-order valence-corrected chi connectivity index (χ4v) is 3.77. The van der Waals surface area contributed by atoms with Crippen LogP contribution in [0.4, 0.5) is 0 Å². The summed E-state index contributed by atoms with van der Waals surface area (Å²) in [7, 11) is 1.54. The molecule has 146 valence electrons. The molecule has 4 rings (SSSR count). The van der Waals surface area contributed by atoms with E-state index >= 15 is 0 Å². The molecule has 1 aromatic carbocycles. The first-order chi connectivity index (χ1) is 13.8. The molecule has 1 amide bonds. The molecule has 0 unspecified atom stereocenters. The lowest BCUT2D eigenvalue weighted by atomic mass is 10.2. The summed E-state index contributed by atoms with van der Waals surface area (Å²) in [4.78, 5) is 14.3. The topological polar surface area (TPSA) is 73.7 Å². The minimum Gasteiger partial charge on any atom is -0.493 e. The lowest BCUT2D eigenvalue weighted by Gasteiger charge is -2.23. The monoisotopic (exact) mass is 381 g/mol. The van der Waals surface area contributed by atoms with Gasteiger partial charge in [0.15, 0.2) is 23.2 Å². The Balaban J connectivity index is 1.50. The predicted molar refractivity (Wildman–Crippen MR) is 104 cm³/mol. The summed E-state index contributed by atoms with van der Waals surface area (Å²) in [6.45, 7) is 2.67. The standard InChI is InChI=1S/C21H24N4O3/c1-27-19-15-25(16-8-3-2-4-9-16)23-20(19)21(26)22-14-17(18-10-7-13-28-18)24-11-5-6-12-24/h2-4,7-10,13,15,17H,5-6,11-12,14H2,1H3,(H,22,26)/p+1/t17-/m0/s1. The number of amides is 1. The molecule has 28 heavy (non-hydrogen) atoms. The van der Waals surface area contributed by atoms with Crippen LogP contribution in [0.1, 0.15) is 35.1 Å². The summed E-state index contributed by atoms with van der Waals surface area (Å²) in [5.74, 6) is 1.10. The minimum atomic E-state index is -0.248. The van der Waals surface area contributed by atoms with E-state index < -0.39 is 0 Å². The zero-order chi connectivity index (χ0) is 19.3. The second-order valence-electron chi connectivity index (χ2n) is 6.97. The molecule has 0 spiro atoms. The summed E-state index contributed by atoms with van der Waals surface area (Å²) in [5, 5.41) is 7.47. The van der Waals surface area contributed by atoms with Gasteiger partial charge in [0, 0.05) is 12.8 Å². The summed E-state index contributed by atoms with van der Waals surface area (Å²) in [5.41, 5.74) is 1.15. The van der Waals surface area contributed by atoms with E-state index in [1.54, 1.807) is 24.3 Å². The van der Waals surface area contributed by atoms with Gasteiger partial charge < -0.3 is 19.4 Å². The van der Waals surface area contributed by atoms with Crippen LogP contribution in [0.5, 0.6) is 5.75 Å². The lowest BCUT2D eigenvalue weighted by Crippen LogP contribution is -3.11. The number of para-hydroxylation sites is 1. The number of aromatic nitrogens is 2. The van der Waals surface area contributed by atoms with Gasteiger partial charge in [-0.2, -0.15) is 5.10 Å². The molecule has 7 heteroatoms. The number of benzene rings is 1. The molecule has 3 heterocycles. The Labute approximate surface area is 163 Å².